The Morgan fingerprint density at radius 1 is 1.31 bits per heavy atom. The van der Waals surface area contributed by atoms with Gasteiger partial charge in [-0.05, 0) is 12.1 Å². The minimum Gasteiger partial charge on any atom is -0.501 e. The average molecular weight is 216 g/mol. The van der Waals surface area contributed by atoms with Gasteiger partial charge in [-0.3, -0.25) is 10.1 Å². The normalized spacial score (nSPS) is 9.94. The van der Waals surface area contributed by atoms with Crippen LogP contribution in [-0.2, 0) is 0 Å². The second-order valence-electron chi connectivity index (χ2n) is 3.17. The van der Waals surface area contributed by atoms with Gasteiger partial charge in [-0.25, -0.2) is 0 Å². The fourth-order valence-electron chi connectivity index (χ4n) is 1.58. The smallest absolute Gasteiger partial charge is 0.434 e. The lowest BCUT2D eigenvalue weighted by Gasteiger charge is -1.97. The van der Waals surface area contributed by atoms with Gasteiger partial charge in [0, 0.05) is 0 Å². The maximum Gasteiger partial charge on any atom is 0.434 e. The summed E-state index contributed by atoms with van der Waals surface area (Å²) in [5, 5.41) is 29.6. The van der Waals surface area contributed by atoms with Crippen molar-refractivity contribution in [2.75, 3.05) is 0 Å². The first-order valence-electron chi connectivity index (χ1n) is 4.39. The number of hydrogen-bond acceptors (Lipinski definition) is 4. The van der Waals surface area contributed by atoms with Crippen molar-refractivity contribution in [3.8, 4) is 5.75 Å². The van der Waals surface area contributed by atoms with Crippen LogP contribution in [0.1, 0.15) is 0 Å². The molecule has 0 unspecified atom stereocenters. The van der Waals surface area contributed by atoms with E-state index in [-0.39, 0.29) is 11.4 Å². The molecule has 2 rings (SSSR count). The molecule has 6 heteroatoms. The molecule has 16 heavy (non-hydrogen) atoms. The molecule has 0 aromatic heterocycles. The van der Waals surface area contributed by atoms with E-state index in [9.17, 15) is 15.2 Å². The molecule has 1 N–H and O–H groups in total. The van der Waals surface area contributed by atoms with Crippen molar-refractivity contribution in [2.45, 2.75) is 0 Å². The molecule has 0 fully saturated rings. The molecule has 0 heterocycles. The molecule has 0 amide bonds. The zero-order valence-corrected chi connectivity index (χ0v) is 7.99. The first-order valence-corrected chi connectivity index (χ1v) is 4.39. The van der Waals surface area contributed by atoms with Crippen molar-refractivity contribution in [3.05, 3.63) is 45.4 Å². The molecule has 2 aromatic carbocycles. The molecule has 0 saturated carbocycles. The molecule has 2 aromatic rings. The van der Waals surface area contributed by atoms with E-state index in [1.165, 1.54) is 12.1 Å². The monoisotopic (exact) mass is 216 g/mol. The van der Waals surface area contributed by atoms with Crippen LogP contribution in [0.4, 0.5) is 11.4 Å². The SMILES string of the molecule is N#[N+]c1c(O)cc([N+](=O)[O-])c2ccccc12. The van der Waals surface area contributed by atoms with Crippen LogP contribution >= 0.6 is 0 Å². The fourth-order valence-corrected chi connectivity index (χ4v) is 1.58. The second kappa shape index (κ2) is 3.47. The molecular weight excluding hydrogens is 210 g/mol. The Kier molecular flexibility index (Phi) is 2.14. The number of phenols is 1. The summed E-state index contributed by atoms with van der Waals surface area (Å²) in [6.07, 6.45) is 0. The summed E-state index contributed by atoms with van der Waals surface area (Å²) in [7, 11) is 0. The molecule has 0 saturated heterocycles. The highest BCUT2D eigenvalue weighted by atomic mass is 16.6. The summed E-state index contributed by atoms with van der Waals surface area (Å²) >= 11 is 0. The first kappa shape index (κ1) is 9.86. The number of benzene rings is 2. The molecule has 0 aliphatic carbocycles. The van der Waals surface area contributed by atoms with Gasteiger partial charge in [0.05, 0.1) is 21.8 Å². The van der Waals surface area contributed by atoms with Gasteiger partial charge < -0.3 is 5.11 Å². The minimum absolute atomic E-state index is 0.0683. The van der Waals surface area contributed by atoms with Gasteiger partial charge in [0.25, 0.3) is 5.69 Å². The third-order valence-electron chi connectivity index (χ3n) is 2.27. The Morgan fingerprint density at radius 3 is 2.50 bits per heavy atom. The number of nitro groups is 1. The molecule has 0 spiro atoms. The number of fused-ring (bicyclic) bond motifs is 1. The zero-order chi connectivity index (χ0) is 11.7. The molecule has 0 bridgehead atoms. The standard InChI is InChI=1S/C10H5N3O3/c11-12-10-7-4-2-1-3-6(7)8(13(15)16)5-9(10)14/h1-5H/p+1. The van der Waals surface area contributed by atoms with Gasteiger partial charge in [0.1, 0.15) is 0 Å². The highest BCUT2D eigenvalue weighted by Gasteiger charge is 2.25. The number of aromatic hydroxyl groups is 1. The highest BCUT2D eigenvalue weighted by molar-refractivity contribution is 6.02. The van der Waals surface area contributed by atoms with E-state index in [4.69, 9.17) is 5.39 Å². The molecule has 0 aliphatic heterocycles. The van der Waals surface area contributed by atoms with E-state index in [0.29, 0.717) is 10.8 Å². The van der Waals surface area contributed by atoms with E-state index < -0.39 is 10.7 Å². The number of non-ortho nitro benzene ring substituents is 1. The van der Waals surface area contributed by atoms with Crippen LogP contribution in [0.3, 0.4) is 0 Å². The van der Waals surface area contributed by atoms with Crippen molar-refractivity contribution in [2.24, 2.45) is 0 Å². The minimum atomic E-state index is -0.594. The highest BCUT2D eigenvalue weighted by Crippen LogP contribution is 2.40. The molecule has 78 valence electrons. The van der Waals surface area contributed by atoms with Crippen LogP contribution in [0.15, 0.2) is 30.3 Å². The predicted molar refractivity (Wildman–Crippen MR) is 57.0 cm³/mol. The lowest BCUT2D eigenvalue weighted by atomic mass is 10.1. The van der Waals surface area contributed by atoms with Crippen molar-refractivity contribution in [3.63, 3.8) is 0 Å². The number of diazo groups is 1. The topological polar surface area (TPSA) is 91.5 Å². The molecular formula is C10H6N3O3+. The Labute approximate surface area is 89.5 Å². The Morgan fingerprint density at radius 2 is 1.94 bits per heavy atom. The van der Waals surface area contributed by atoms with Crippen LogP contribution in [0.5, 0.6) is 5.75 Å². The number of nitrogens with zero attached hydrogens (tertiary/aromatic N) is 3. The summed E-state index contributed by atoms with van der Waals surface area (Å²) in [6.45, 7) is 0. The molecule has 0 radical (unpaired) electrons. The Balaban J connectivity index is 2.98. The van der Waals surface area contributed by atoms with Crippen LogP contribution in [0.25, 0.3) is 15.7 Å². The van der Waals surface area contributed by atoms with Gasteiger partial charge in [-0.1, -0.05) is 12.1 Å². The van der Waals surface area contributed by atoms with Crippen molar-refractivity contribution >= 4 is 22.1 Å². The van der Waals surface area contributed by atoms with E-state index in [1.807, 2.05) is 0 Å². The predicted octanol–water partition coefficient (Wildman–Crippen LogP) is 2.94. The number of hydrogen-bond donors (Lipinski definition) is 1. The number of phenolic OH excluding ortho intramolecular Hbond substituents is 1. The number of nitro benzene ring substituents is 1. The van der Waals surface area contributed by atoms with Gasteiger partial charge in [0.15, 0.2) is 4.98 Å². The fraction of sp³-hybridized carbons (Fsp3) is 0. The first-order chi connectivity index (χ1) is 7.65. The number of rotatable bonds is 1. The molecule has 6 nitrogen and oxygen atoms in total. The van der Waals surface area contributed by atoms with Crippen LogP contribution in [0.2, 0.25) is 0 Å². The largest absolute Gasteiger partial charge is 0.501 e. The quantitative estimate of drug-likeness (QED) is 0.450. The Bertz CT molecular complexity index is 631. The van der Waals surface area contributed by atoms with Crippen molar-refractivity contribution < 1.29 is 10.0 Å². The summed E-state index contributed by atoms with van der Waals surface area (Å²) in [6, 6.07) is 7.31. The van der Waals surface area contributed by atoms with Gasteiger partial charge in [0.2, 0.25) is 11.1 Å². The van der Waals surface area contributed by atoms with Crippen molar-refractivity contribution in [1.82, 2.24) is 0 Å². The molecule has 0 aliphatic rings. The lowest BCUT2D eigenvalue weighted by molar-refractivity contribution is -0.383. The van der Waals surface area contributed by atoms with E-state index in [2.05, 4.69) is 4.98 Å². The third-order valence-corrected chi connectivity index (χ3v) is 2.27. The van der Waals surface area contributed by atoms with Gasteiger partial charge in [-0.15, -0.1) is 0 Å². The van der Waals surface area contributed by atoms with Crippen LogP contribution < -0.4 is 0 Å². The van der Waals surface area contributed by atoms with Gasteiger partial charge >= 0.3 is 5.69 Å². The summed E-state index contributed by atoms with van der Waals surface area (Å²) < 4.78 is 0. The van der Waals surface area contributed by atoms with E-state index in [0.717, 1.165) is 6.07 Å². The molecule has 0 atom stereocenters. The maximum atomic E-state index is 10.8. The zero-order valence-electron chi connectivity index (χ0n) is 7.99. The second-order valence-corrected chi connectivity index (χ2v) is 3.17. The summed E-state index contributed by atoms with van der Waals surface area (Å²) in [4.78, 5) is 13.1. The van der Waals surface area contributed by atoms with Crippen molar-refractivity contribution in [1.29, 1.82) is 5.39 Å². The lowest BCUT2D eigenvalue weighted by Crippen LogP contribution is -1.89. The average Bonchev–Trinajstić information content (AvgIpc) is 2.28. The van der Waals surface area contributed by atoms with Crippen LogP contribution in [-0.4, -0.2) is 10.0 Å². The summed E-state index contributed by atoms with van der Waals surface area (Å²) in [5.74, 6) is -0.423. The van der Waals surface area contributed by atoms with Gasteiger partial charge in [-0.2, -0.15) is 0 Å². The van der Waals surface area contributed by atoms with Crippen LogP contribution in [0, 0.1) is 15.5 Å². The van der Waals surface area contributed by atoms with E-state index >= 15 is 0 Å². The summed E-state index contributed by atoms with van der Waals surface area (Å²) in [5.41, 5.74) is -0.290. The van der Waals surface area contributed by atoms with E-state index in [1.54, 1.807) is 12.1 Å². The third kappa shape index (κ3) is 1.31. The Hall–Kier alpha value is -2.68. The maximum absolute atomic E-state index is 10.8.